The molecule has 1 unspecified atom stereocenters. The summed E-state index contributed by atoms with van der Waals surface area (Å²) in [4.78, 5) is 0. The number of hydrogen-bond acceptors (Lipinski definition) is 3. The van der Waals surface area contributed by atoms with Crippen LogP contribution in [-0.2, 0) is 0 Å². The van der Waals surface area contributed by atoms with Gasteiger partial charge in [0, 0.05) is 12.6 Å². The Morgan fingerprint density at radius 1 is 1.41 bits per heavy atom. The van der Waals surface area contributed by atoms with Gasteiger partial charge in [0.05, 0.1) is 13.2 Å². The van der Waals surface area contributed by atoms with Crippen molar-refractivity contribution in [3.05, 3.63) is 29.8 Å². The maximum Gasteiger partial charge on any atom is 0.119 e. The van der Waals surface area contributed by atoms with E-state index in [1.165, 1.54) is 0 Å². The molecule has 1 aromatic carbocycles. The van der Waals surface area contributed by atoms with Gasteiger partial charge in [-0.25, -0.2) is 0 Å². The normalized spacial score (nSPS) is 11.8. The van der Waals surface area contributed by atoms with Gasteiger partial charge in [0.1, 0.15) is 5.75 Å². The van der Waals surface area contributed by atoms with Crippen molar-refractivity contribution in [3.63, 3.8) is 0 Å². The highest BCUT2D eigenvalue weighted by molar-refractivity contribution is 5.29. The van der Waals surface area contributed by atoms with Gasteiger partial charge in [0.25, 0.3) is 0 Å². The predicted molar refractivity (Wildman–Crippen MR) is 70.9 cm³/mol. The lowest BCUT2D eigenvalue weighted by Gasteiger charge is -2.16. The molecule has 17 heavy (non-hydrogen) atoms. The third kappa shape index (κ3) is 4.48. The lowest BCUT2D eigenvalue weighted by molar-refractivity contribution is 0.317. The summed E-state index contributed by atoms with van der Waals surface area (Å²) in [5.41, 5.74) is 6.83. The Hall–Kier alpha value is -1.50. The number of nitrogens with two attached hydrogens (primary N) is 1. The zero-order valence-electron chi connectivity index (χ0n) is 10.3. The van der Waals surface area contributed by atoms with Crippen molar-refractivity contribution in [2.45, 2.75) is 19.4 Å². The van der Waals surface area contributed by atoms with E-state index < -0.39 is 0 Å². The average Bonchev–Trinajstić information content (AvgIpc) is 2.38. The first-order valence-corrected chi connectivity index (χ1v) is 5.91. The van der Waals surface area contributed by atoms with E-state index >= 15 is 0 Å². The summed E-state index contributed by atoms with van der Waals surface area (Å²) in [6.45, 7) is 3.88. The second-order valence-corrected chi connectivity index (χ2v) is 3.79. The summed E-state index contributed by atoms with van der Waals surface area (Å²) in [7, 11) is 0. The van der Waals surface area contributed by atoms with Crippen LogP contribution in [0.25, 0.3) is 0 Å². The van der Waals surface area contributed by atoms with E-state index in [0.29, 0.717) is 13.1 Å². The van der Waals surface area contributed by atoms with Crippen LogP contribution in [0.15, 0.2) is 24.3 Å². The fraction of sp³-hybridized carbons (Fsp3) is 0.429. The minimum atomic E-state index is 0.103. The molecule has 0 aromatic heterocycles. The second kappa shape index (κ2) is 7.72. The fourth-order valence-corrected chi connectivity index (χ4v) is 1.54. The SMILES string of the molecule is C#CCNC(CN)c1ccc(OCCC)cc1. The summed E-state index contributed by atoms with van der Waals surface area (Å²) < 4.78 is 5.52. The zero-order chi connectivity index (χ0) is 12.5. The number of nitrogens with one attached hydrogen (secondary N) is 1. The number of benzene rings is 1. The van der Waals surface area contributed by atoms with Crippen molar-refractivity contribution in [1.29, 1.82) is 0 Å². The van der Waals surface area contributed by atoms with Crippen molar-refractivity contribution in [2.24, 2.45) is 5.73 Å². The molecule has 0 fully saturated rings. The molecule has 0 saturated carbocycles. The smallest absolute Gasteiger partial charge is 0.119 e. The maximum atomic E-state index is 5.70. The van der Waals surface area contributed by atoms with E-state index in [-0.39, 0.29) is 6.04 Å². The van der Waals surface area contributed by atoms with Crippen molar-refractivity contribution in [1.82, 2.24) is 5.32 Å². The van der Waals surface area contributed by atoms with E-state index in [2.05, 4.69) is 18.2 Å². The zero-order valence-corrected chi connectivity index (χ0v) is 10.3. The van der Waals surface area contributed by atoms with Crippen LogP contribution in [0.3, 0.4) is 0 Å². The lowest BCUT2D eigenvalue weighted by atomic mass is 10.1. The summed E-state index contributed by atoms with van der Waals surface area (Å²) in [6, 6.07) is 8.07. The highest BCUT2D eigenvalue weighted by atomic mass is 16.5. The molecule has 0 spiro atoms. The summed E-state index contributed by atoms with van der Waals surface area (Å²) in [5, 5.41) is 3.20. The van der Waals surface area contributed by atoms with Gasteiger partial charge in [-0.3, -0.25) is 5.32 Å². The number of ether oxygens (including phenoxy) is 1. The minimum absolute atomic E-state index is 0.103. The third-order valence-electron chi connectivity index (χ3n) is 2.44. The second-order valence-electron chi connectivity index (χ2n) is 3.79. The predicted octanol–water partition coefficient (Wildman–Crippen LogP) is 1.70. The van der Waals surface area contributed by atoms with E-state index in [1.807, 2.05) is 24.3 Å². The fourth-order valence-electron chi connectivity index (χ4n) is 1.54. The Morgan fingerprint density at radius 3 is 2.65 bits per heavy atom. The van der Waals surface area contributed by atoms with E-state index in [9.17, 15) is 0 Å². The standard InChI is InChI=1S/C14H20N2O/c1-3-9-16-14(11-15)12-5-7-13(8-6-12)17-10-4-2/h1,5-8,14,16H,4,9-11,15H2,2H3. The summed E-state index contributed by atoms with van der Waals surface area (Å²) in [5.74, 6) is 3.44. The quantitative estimate of drug-likeness (QED) is 0.703. The highest BCUT2D eigenvalue weighted by Crippen LogP contribution is 2.17. The van der Waals surface area contributed by atoms with Gasteiger partial charge in [-0.2, -0.15) is 0 Å². The van der Waals surface area contributed by atoms with Crippen LogP contribution in [0.2, 0.25) is 0 Å². The third-order valence-corrected chi connectivity index (χ3v) is 2.44. The Kier molecular flexibility index (Phi) is 6.16. The molecule has 0 aliphatic rings. The van der Waals surface area contributed by atoms with Gasteiger partial charge in [0.2, 0.25) is 0 Å². The van der Waals surface area contributed by atoms with E-state index in [4.69, 9.17) is 16.9 Å². The molecule has 0 aliphatic carbocycles. The monoisotopic (exact) mass is 232 g/mol. The first-order valence-electron chi connectivity index (χ1n) is 5.91. The van der Waals surface area contributed by atoms with Crippen LogP contribution in [0, 0.1) is 12.3 Å². The Bertz CT molecular complexity index is 353. The van der Waals surface area contributed by atoms with Gasteiger partial charge >= 0.3 is 0 Å². The molecule has 1 atom stereocenters. The van der Waals surface area contributed by atoms with Crippen LogP contribution >= 0.6 is 0 Å². The van der Waals surface area contributed by atoms with Gasteiger partial charge < -0.3 is 10.5 Å². The Labute approximate surface area is 103 Å². The molecule has 3 nitrogen and oxygen atoms in total. The summed E-state index contributed by atoms with van der Waals surface area (Å²) >= 11 is 0. The Balaban J connectivity index is 2.61. The maximum absolute atomic E-state index is 5.70. The van der Waals surface area contributed by atoms with Crippen LogP contribution in [0.4, 0.5) is 0 Å². The molecule has 92 valence electrons. The average molecular weight is 232 g/mol. The molecular weight excluding hydrogens is 212 g/mol. The van der Waals surface area contributed by atoms with Crippen LogP contribution in [-0.4, -0.2) is 19.7 Å². The molecule has 1 aromatic rings. The van der Waals surface area contributed by atoms with Gasteiger partial charge in [-0.05, 0) is 24.1 Å². The molecule has 0 bridgehead atoms. The largest absolute Gasteiger partial charge is 0.494 e. The van der Waals surface area contributed by atoms with Gasteiger partial charge in [-0.1, -0.05) is 25.0 Å². The van der Waals surface area contributed by atoms with Gasteiger partial charge in [0.15, 0.2) is 0 Å². The van der Waals surface area contributed by atoms with E-state index in [0.717, 1.165) is 24.3 Å². The molecule has 1 rings (SSSR count). The van der Waals surface area contributed by atoms with Crippen molar-refractivity contribution in [2.75, 3.05) is 19.7 Å². The number of hydrogen-bond donors (Lipinski definition) is 2. The first kappa shape index (κ1) is 13.6. The van der Waals surface area contributed by atoms with Crippen LogP contribution in [0.5, 0.6) is 5.75 Å². The van der Waals surface area contributed by atoms with Crippen LogP contribution in [0.1, 0.15) is 24.9 Å². The molecule has 0 heterocycles. The van der Waals surface area contributed by atoms with Crippen molar-refractivity contribution >= 4 is 0 Å². The highest BCUT2D eigenvalue weighted by Gasteiger charge is 2.07. The Morgan fingerprint density at radius 2 is 2.12 bits per heavy atom. The van der Waals surface area contributed by atoms with Gasteiger partial charge in [-0.15, -0.1) is 6.42 Å². The summed E-state index contributed by atoms with van der Waals surface area (Å²) in [6.07, 6.45) is 6.23. The molecule has 0 aliphatic heterocycles. The molecule has 0 radical (unpaired) electrons. The van der Waals surface area contributed by atoms with Crippen LogP contribution < -0.4 is 15.8 Å². The van der Waals surface area contributed by atoms with Crippen molar-refractivity contribution < 1.29 is 4.74 Å². The first-order chi connectivity index (χ1) is 8.31. The molecule has 0 saturated heterocycles. The molecule has 3 heteroatoms. The minimum Gasteiger partial charge on any atom is -0.494 e. The molecule has 3 N–H and O–H groups in total. The van der Waals surface area contributed by atoms with Crippen molar-refractivity contribution in [3.8, 4) is 18.1 Å². The van der Waals surface area contributed by atoms with E-state index in [1.54, 1.807) is 0 Å². The number of terminal acetylenes is 1. The molecule has 0 amide bonds. The number of rotatable bonds is 7. The molecular formula is C14H20N2O. The lowest BCUT2D eigenvalue weighted by Crippen LogP contribution is -2.28. The topological polar surface area (TPSA) is 47.3 Å².